The summed E-state index contributed by atoms with van der Waals surface area (Å²) in [6, 6.07) is 9.38. The van der Waals surface area contributed by atoms with E-state index in [-0.39, 0.29) is 0 Å². The molecule has 0 saturated carbocycles. The predicted octanol–water partition coefficient (Wildman–Crippen LogP) is 3.23. The Bertz CT molecular complexity index is 281. The predicted molar refractivity (Wildman–Crippen MR) is 52.6 cm³/mol. The van der Waals surface area contributed by atoms with Gasteiger partial charge in [-0.2, -0.15) is 5.26 Å². The van der Waals surface area contributed by atoms with Crippen molar-refractivity contribution in [2.75, 3.05) is 0 Å². The third-order valence-corrected chi connectivity index (χ3v) is 1.25. The Labute approximate surface area is 74.0 Å². The van der Waals surface area contributed by atoms with E-state index in [0.717, 1.165) is 5.56 Å². The lowest BCUT2D eigenvalue weighted by molar-refractivity contribution is 1.48. The zero-order chi connectivity index (χ0) is 9.40. The van der Waals surface area contributed by atoms with Crippen molar-refractivity contribution in [1.29, 1.82) is 5.26 Å². The molecule has 0 saturated heterocycles. The maximum absolute atomic E-state index is 8.47. The molecule has 12 heavy (non-hydrogen) atoms. The standard InChI is InChI=1S/C9H7N.C2H6/c1-2-8-4-3-5-9(6-8)7-10;1-2/h2-6H,1H2;1-2H3. The molecule has 1 aromatic carbocycles. The van der Waals surface area contributed by atoms with Gasteiger partial charge in [-0.15, -0.1) is 0 Å². The van der Waals surface area contributed by atoms with Crippen molar-refractivity contribution in [3.63, 3.8) is 0 Å². The van der Waals surface area contributed by atoms with Gasteiger partial charge in [0.05, 0.1) is 11.6 Å². The molecule has 0 atom stereocenters. The second kappa shape index (κ2) is 6.18. The third-order valence-electron chi connectivity index (χ3n) is 1.25. The van der Waals surface area contributed by atoms with Crippen molar-refractivity contribution >= 4 is 6.08 Å². The molecule has 0 spiro atoms. The van der Waals surface area contributed by atoms with Gasteiger partial charge in [0.25, 0.3) is 0 Å². The normalized spacial score (nSPS) is 7.42. The SMILES string of the molecule is C=Cc1cccc(C#N)c1.CC. The molecule has 0 aliphatic carbocycles. The van der Waals surface area contributed by atoms with Crippen LogP contribution in [-0.2, 0) is 0 Å². The Hall–Kier alpha value is -1.55. The zero-order valence-corrected chi connectivity index (χ0v) is 7.54. The van der Waals surface area contributed by atoms with E-state index in [9.17, 15) is 0 Å². The van der Waals surface area contributed by atoms with E-state index in [1.54, 1.807) is 18.2 Å². The summed E-state index contributed by atoms with van der Waals surface area (Å²) in [6.07, 6.45) is 1.72. The van der Waals surface area contributed by atoms with Crippen LogP contribution in [-0.4, -0.2) is 0 Å². The molecule has 1 aromatic rings. The molecule has 0 unspecified atom stereocenters. The second-order valence-electron chi connectivity index (χ2n) is 1.94. The molecule has 0 N–H and O–H groups in total. The molecule has 0 bridgehead atoms. The van der Waals surface area contributed by atoms with E-state index in [4.69, 9.17) is 5.26 Å². The van der Waals surface area contributed by atoms with Crippen LogP contribution in [0.15, 0.2) is 30.8 Å². The fourth-order valence-corrected chi connectivity index (χ4v) is 0.735. The summed E-state index contributed by atoms with van der Waals surface area (Å²) < 4.78 is 0. The summed E-state index contributed by atoms with van der Waals surface area (Å²) in [7, 11) is 0. The molecule has 1 nitrogen and oxygen atoms in total. The van der Waals surface area contributed by atoms with Gasteiger partial charge in [-0.25, -0.2) is 0 Å². The van der Waals surface area contributed by atoms with E-state index in [0.29, 0.717) is 5.56 Å². The molecule has 1 rings (SSSR count). The highest BCUT2D eigenvalue weighted by Crippen LogP contribution is 2.04. The number of hydrogen-bond donors (Lipinski definition) is 0. The maximum Gasteiger partial charge on any atom is 0.0991 e. The van der Waals surface area contributed by atoms with E-state index in [1.165, 1.54) is 0 Å². The Balaban J connectivity index is 0.000000561. The molecule has 0 fully saturated rings. The van der Waals surface area contributed by atoms with Crippen LogP contribution in [0.4, 0.5) is 0 Å². The lowest BCUT2D eigenvalue weighted by Crippen LogP contribution is -1.74. The molecule has 62 valence electrons. The van der Waals surface area contributed by atoms with Crippen LogP contribution in [0.5, 0.6) is 0 Å². The summed E-state index contributed by atoms with van der Waals surface area (Å²) >= 11 is 0. The highest BCUT2D eigenvalue weighted by atomic mass is 14.2. The van der Waals surface area contributed by atoms with E-state index < -0.39 is 0 Å². The lowest BCUT2D eigenvalue weighted by Gasteiger charge is -1.90. The maximum atomic E-state index is 8.47. The number of rotatable bonds is 1. The molecular formula is C11H13N. The molecule has 0 heterocycles. The van der Waals surface area contributed by atoms with Gasteiger partial charge in [0, 0.05) is 0 Å². The first-order chi connectivity index (χ1) is 5.86. The summed E-state index contributed by atoms with van der Waals surface area (Å²) in [5.41, 5.74) is 1.66. The Morgan fingerprint density at radius 2 is 2.08 bits per heavy atom. The van der Waals surface area contributed by atoms with Crippen LogP contribution in [0.2, 0.25) is 0 Å². The first-order valence-corrected chi connectivity index (χ1v) is 3.99. The first kappa shape index (κ1) is 10.4. The number of hydrogen-bond acceptors (Lipinski definition) is 1. The highest BCUT2D eigenvalue weighted by molar-refractivity contribution is 5.50. The van der Waals surface area contributed by atoms with Crippen molar-refractivity contribution in [3.8, 4) is 6.07 Å². The Morgan fingerprint density at radius 1 is 1.42 bits per heavy atom. The lowest BCUT2D eigenvalue weighted by atomic mass is 10.1. The van der Waals surface area contributed by atoms with Crippen LogP contribution in [0.3, 0.4) is 0 Å². The van der Waals surface area contributed by atoms with Crippen LogP contribution in [0.25, 0.3) is 6.08 Å². The molecule has 0 aliphatic heterocycles. The summed E-state index contributed by atoms with van der Waals surface area (Å²) in [5, 5.41) is 8.47. The first-order valence-electron chi connectivity index (χ1n) is 3.99. The Morgan fingerprint density at radius 3 is 2.58 bits per heavy atom. The van der Waals surface area contributed by atoms with Gasteiger partial charge >= 0.3 is 0 Å². The average Bonchev–Trinajstić information content (AvgIpc) is 2.21. The van der Waals surface area contributed by atoms with Gasteiger partial charge in [0.1, 0.15) is 0 Å². The smallest absolute Gasteiger partial charge is 0.0991 e. The molecule has 0 aliphatic rings. The minimum absolute atomic E-state index is 0.678. The molecule has 0 radical (unpaired) electrons. The van der Waals surface area contributed by atoms with Gasteiger partial charge < -0.3 is 0 Å². The second-order valence-corrected chi connectivity index (χ2v) is 1.94. The Kier molecular flexibility index (Phi) is 5.38. The van der Waals surface area contributed by atoms with E-state index in [1.807, 2.05) is 26.0 Å². The average molecular weight is 159 g/mol. The quantitative estimate of drug-likeness (QED) is 0.617. The monoisotopic (exact) mass is 159 g/mol. The minimum atomic E-state index is 0.678. The third kappa shape index (κ3) is 3.03. The molecule has 0 aromatic heterocycles. The van der Waals surface area contributed by atoms with Crippen molar-refractivity contribution in [1.82, 2.24) is 0 Å². The molecule has 1 heteroatoms. The fraction of sp³-hybridized carbons (Fsp3) is 0.182. The van der Waals surface area contributed by atoms with E-state index >= 15 is 0 Å². The summed E-state index contributed by atoms with van der Waals surface area (Å²) in [4.78, 5) is 0. The van der Waals surface area contributed by atoms with Crippen LogP contribution >= 0.6 is 0 Å². The van der Waals surface area contributed by atoms with Crippen LogP contribution in [0.1, 0.15) is 25.0 Å². The van der Waals surface area contributed by atoms with Crippen LogP contribution in [0, 0.1) is 11.3 Å². The van der Waals surface area contributed by atoms with Gasteiger partial charge in [-0.05, 0) is 17.7 Å². The highest BCUT2D eigenvalue weighted by Gasteiger charge is 1.87. The number of nitriles is 1. The summed E-state index contributed by atoms with van der Waals surface area (Å²) in [6.45, 7) is 7.60. The van der Waals surface area contributed by atoms with Gasteiger partial charge in [-0.3, -0.25) is 0 Å². The fourth-order valence-electron chi connectivity index (χ4n) is 0.735. The van der Waals surface area contributed by atoms with Crippen molar-refractivity contribution in [3.05, 3.63) is 42.0 Å². The minimum Gasteiger partial charge on any atom is -0.192 e. The largest absolute Gasteiger partial charge is 0.192 e. The van der Waals surface area contributed by atoms with Gasteiger partial charge in [-0.1, -0.05) is 38.6 Å². The number of benzene rings is 1. The van der Waals surface area contributed by atoms with Crippen molar-refractivity contribution in [2.24, 2.45) is 0 Å². The van der Waals surface area contributed by atoms with Crippen molar-refractivity contribution < 1.29 is 0 Å². The zero-order valence-electron chi connectivity index (χ0n) is 7.54. The number of nitrogens with zero attached hydrogens (tertiary/aromatic N) is 1. The molecular weight excluding hydrogens is 146 g/mol. The van der Waals surface area contributed by atoms with Gasteiger partial charge in [0.15, 0.2) is 0 Å². The van der Waals surface area contributed by atoms with Crippen LogP contribution < -0.4 is 0 Å². The summed E-state index contributed by atoms with van der Waals surface area (Å²) in [5.74, 6) is 0. The topological polar surface area (TPSA) is 23.8 Å². The molecule has 0 amide bonds. The van der Waals surface area contributed by atoms with E-state index in [2.05, 4.69) is 12.6 Å². The van der Waals surface area contributed by atoms with Gasteiger partial charge in [0.2, 0.25) is 0 Å². The van der Waals surface area contributed by atoms with Crippen molar-refractivity contribution in [2.45, 2.75) is 13.8 Å².